The molecule has 0 aliphatic carbocycles. The lowest BCUT2D eigenvalue weighted by atomic mass is 10.3. The third-order valence-corrected chi connectivity index (χ3v) is 2.17. The number of hydrogen-bond donors (Lipinski definition) is 0. The second-order valence-electron chi connectivity index (χ2n) is 3.31. The Hall–Kier alpha value is -1.29. The molecule has 1 aliphatic heterocycles. The molecule has 76 valence electrons. The number of rotatable bonds is 3. The average molecular weight is 195 g/mol. The molecule has 1 unspecified atom stereocenters. The van der Waals surface area contributed by atoms with Crippen molar-refractivity contribution in [2.75, 3.05) is 13.2 Å². The average Bonchev–Trinajstić information content (AvgIpc) is 2.90. The first-order valence-electron chi connectivity index (χ1n) is 4.75. The maximum absolute atomic E-state index is 11.4. The molecular formula is C10H13NO3. The van der Waals surface area contributed by atoms with Gasteiger partial charge in [-0.3, -0.25) is 4.57 Å². The van der Waals surface area contributed by atoms with Crippen LogP contribution in [0.5, 0.6) is 0 Å². The number of epoxide rings is 1. The van der Waals surface area contributed by atoms with Gasteiger partial charge in [0.05, 0.1) is 6.61 Å². The normalized spacial score (nSPS) is 19.4. The molecule has 0 radical (unpaired) electrons. The number of nitrogens with zero attached hydrogens (tertiary/aromatic N) is 1. The molecule has 0 spiro atoms. The van der Waals surface area contributed by atoms with Crippen LogP contribution in [0.15, 0.2) is 18.5 Å². The van der Waals surface area contributed by atoms with Gasteiger partial charge in [-0.05, 0) is 18.1 Å². The summed E-state index contributed by atoms with van der Waals surface area (Å²) in [6.07, 6.45) is 4.22. The Balaban J connectivity index is 1.88. The molecule has 1 fully saturated rings. The lowest BCUT2D eigenvalue weighted by Gasteiger charge is -2.02. The highest BCUT2D eigenvalue weighted by Gasteiger charge is 2.24. The van der Waals surface area contributed by atoms with Crippen LogP contribution in [0.4, 0.5) is 4.79 Å². The van der Waals surface area contributed by atoms with Gasteiger partial charge in [0, 0.05) is 12.4 Å². The van der Waals surface area contributed by atoms with E-state index in [1.54, 1.807) is 12.4 Å². The maximum Gasteiger partial charge on any atom is 0.418 e. The van der Waals surface area contributed by atoms with Crippen LogP contribution in [0.25, 0.3) is 0 Å². The summed E-state index contributed by atoms with van der Waals surface area (Å²) in [5.74, 6) is 0. The van der Waals surface area contributed by atoms with Crippen molar-refractivity contribution >= 4 is 6.09 Å². The molecule has 2 rings (SSSR count). The first-order chi connectivity index (χ1) is 6.79. The van der Waals surface area contributed by atoms with Gasteiger partial charge in [-0.25, -0.2) is 4.79 Å². The van der Waals surface area contributed by atoms with Crippen molar-refractivity contribution in [3.63, 3.8) is 0 Å². The fourth-order valence-electron chi connectivity index (χ4n) is 1.17. The predicted octanol–water partition coefficient (Wildman–Crippen LogP) is 1.43. The number of hydrogen-bond acceptors (Lipinski definition) is 3. The highest BCUT2D eigenvalue weighted by atomic mass is 16.6. The summed E-state index contributed by atoms with van der Waals surface area (Å²) in [4.78, 5) is 11.4. The molecule has 0 saturated carbocycles. The van der Waals surface area contributed by atoms with Gasteiger partial charge in [0.1, 0.15) is 12.7 Å². The predicted molar refractivity (Wildman–Crippen MR) is 50.3 cm³/mol. The largest absolute Gasteiger partial charge is 0.446 e. The molecule has 0 amide bonds. The molecule has 1 aromatic rings. The van der Waals surface area contributed by atoms with E-state index in [9.17, 15) is 4.79 Å². The molecule has 4 heteroatoms. The minimum atomic E-state index is -0.333. The van der Waals surface area contributed by atoms with Crippen molar-refractivity contribution in [1.29, 1.82) is 0 Å². The molecule has 1 aromatic heterocycles. The Morgan fingerprint density at radius 2 is 2.57 bits per heavy atom. The van der Waals surface area contributed by atoms with Crippen LogP contribution in [0.2, 0.25) is 0 Å². The summed E-state index contributed by atoms with van der Waals surface area (Å²) < 4.78 is 11.4. The van der Waals surface area contributed by atoms with Gasteiger partial charge < -0.3 is 9.47 Å². The molecule has 2 heterocycles. The lowest BCUT2D eigenvalue weighted by molar-refractivity contribution is 0.137. The van der Waals surface area contributed by atoms with Crippen LogP contribution in [0.3, 0.4) is 0 Å². The lowest BCUT2D eigenvalue weighted by Crippen LogP contribution is -2.14. The van der Waals surface area contributed by atoms with E-state index < -0.39 is 0 Å². The minimum absolute atomic E-state index is 0.125. The van der Waals surface area contributed by atoms with Gasteiger partial charge in [0.25, 0.3) is 0 Å². The van der Waals surface area contributed by atoms with Gasteiger partial charge in [-0.15, -0.1) is 0 Å². The Bertz CT molecular complexity index is 328. The topological polar surface area (TPSA) is 43.8 Å². The summed E-state index contributed by atoms with van der Waals surface area (Å²) in [6, 6.07) is 1.91. The number of carbonyl (C=O) groups excluding carboxylic acids is 1. The Labute approximate surface area is 82.4 Å². The van der Waals surface area contributed by atoms with E-state index in [1.807, 2.05) is 13.0 Å². The fourth-order valence-corrected chi connectivity index (χ4v) is 1.17. The summed E-state index contributed by atoms with van der Waals surface area (Å²) in [5.41, 5.74) is 1.13. The zero-order valence-electron chi connectivity index (χ0n) is 8.10. The summed E-state index contributed by atoms with van der Waals surface area (Å²) in [5, 5.41) is 0. The van der Waals surface area contributed by atoms with E-state index in [1.165, 1.54) is 4.57 Å². The number of aryl methyl sites for hydroxylation is 1. The summed E-state index contributed by atoms with van der Waals surface area (Å²) in [7, 11) is 0. The minimum Gasteiger partial charge on any atom is -0.446 e. The third kappa shape index (κ3) is 2.14. The van der Waals surface area contributed by atoms with E-state index in [2.05, 4.69) is 0 Å². The number of ether oxygens (including phenoxy) is 2. The highest BCUT2D eigenvalue weighted by Crippen LogP contribution is 2.09. The summed E-state index contributed by atoms with van der Waals surface area (Å²) >= 11 is 0. The first-order valence-corrected chi connectivity index (χ1v) is 4.75. The van der Waals surface area contributed by atoms with Crippen molar-refractivity contribution in [2.24, 2.45) is 0 Å². The van der Waals surface area contributed by atoms with E-state index in [4.69, 9.17) is 9.47 Å². The Kier molecular flexibility index (Phi) is 2.54. The van der Waals surface area contributed by atoms with Crippen LogP contribution in [-0.4, -0.2) is 30.0 Å². The molecule has 1 atom stereocenters. The number of aromatic nitrogens is 1. The third-order valence-electron chi connectivity index (χ3n) is 2.17. The SMILES string of the molecule is CCc1ccn(C(=O)OCC2CO2)c1. The maximum atomic E-state index is 11.4. The van der Waals surface area contributed by atoms with Gasteiger partial charge in [0.2, 0.25) is 0 Å². The molecule has 0 N–H and O–H groups in total. The van der Waals surface area contributed by atoms with Crippen molar-refractivity contribution in [1.82, 2.24) is 4.57 Å². The first kappa shape index (κ1) is 9.27. The quantitative estimate of drug-likeness (QED) is 0.685. The van der Waals surface area contributed by atoms with Gasteiger partial charge >= 0.3 is 6.09 Å². The molecule has 1 aliphatic rings. The standard InChI is InChI=1S/C10H13NO3/c1-2-8-3-4-11(5-8)10(12)14-7-9-6-13-9/h3-5,9H,2,6-7H2,1H3. The second kappa shape index (κ2) is 3.84. The van der Waals surface area contributed by atoms with Gasteiger partial charge in [-0.2, -0.15) is 0 Å². The highest BCUT2D eigenvalue weighted by molar-refractivity contribution is 5.70. The smallest absolute Gasteiger partial charge is 0.418 e. The number of carbonyl (C=O) groups is 1. The zero-order chi connectivity index (χ0) is 9.97. The molecule has 4 nitrogen and oxygen atoms in total. The van der Waals surface area contributed by atoms with E-state index in [0.717, 1.165) is 12.0 Å². The zero-order valence-corrected chi connectivity index (χ0v) is 8.10. The van der Waals surface area contributed by atoms with E-state index in [-0.39, 0.29) is 12.2 Å². The molecular weight excluding hydrogens is 182 g/mol. The van der Waals surface area contributed by atoms with Crippen LogP contribution < -0.4 is 0 Å². The molecule has 14 heavy (non-hydrogen) atoms. The van der Waals surface area contributed by atoms with Crippen molar-refractivity contribution in [3.05, 3.63) is 24.0 Å². The van der Waals surface area contributed by atoms with Crippen LogP contribution in [0.1, 0.15) is 12.5 Å². The van der Waals surface area contributed by atoms with Crippen LogP contribution >= 0.6 is 0 Å². The van der Waals surface area contributed by atoms with Crippen molar-refractivity contribution in [3.8, 4) is 0 Å². The van der Waals surface area contributed by atoms with Crippen LogP contribution in [0, 0.1) is 0 Å². The molecule has 0 aromatic carbocycles. The van der Waals surface area contributed by atoms with Crippen molar-refractivity contribution in [2.45, 2.75) is 19.4 Å². The van der Waals surface area contributed by atoms with Crippen LogP contribution in [-0.2, 0) is 15.9 Å². The Morgan fingerprint density at radius 3 is 3.14 bits per heavy atom. The molecule has 0 bridgehead atoms. The fraction of sp³-hybridized carbons (Fsp3) is 0.500. The van der Waals surface area contributed by atoms with E-state index >= 15 is 0 Å². The monoisotopic (exact) mass is 195 g/mol. The van der Waals surface area contributed by atoms with Crippen molar-refractivity contribution < 1.29 is 14.3 Å². The second-order valence-corrected chi connectivity index (χ2v) is 3.31. The van der Waals surface area contributed by atoms with Gasteiger partial charge in [0.15, 0.2) is 0 Å². The van der Waals surface area contributed by atoms with Gasteiger partial charge in [-0.1, -0.05) is 6.92 Å². The summed E-state index contributed by atoms with van der Waals surface area (Å²) in [6.45, 7) is 3.11. The van der Waals surface area contributed by atoms with E-state index in [0.29, 0.717) is 13.2 Å². The Morgan fingerprint density at radius 1 is 1.79 bits per heavy atom. The molecule has 1 saturated heterocycles.